The van der Waals surface area contributed by atoms with E-state index in [0.717, 1.165) is 0 Å². The van der Waals surface area contributed by atoms with Gasteiger partial charge >= 0.3 is 0 Å². The van der Waals surface area contributed by atoms with Crippen molar-refractivity contribution in [3.05, 3.63) is 48.5 Å². The lowest BCUT2D eigenvalue weighted by atomic mass is 10.1. The van der Waals surface area contributed by atoms with Crippen LogP contribution in [0.4, 0.5) is 5.82 Å². The Morgan fingerprint density at radius 1 is 1.19 bits per heavy atom. The summed E-state index contributed by atoms with van der Waals surface area (Å²) in [5, 5.41) is 23.0. The summed E-state index contributed by atoms with van der Waals surface area (Å²) in [6, 6.07) is 8.71. The predicted octanol–water partition coefficient (Wildman–Crippen LogP) is -0.344. The van der Waals surface area contributed by atoms with E-state index in [0.29, 0.717) is 16.7 Å². The highest BCUT2D eigenvalue weighted by Gasteiger charge is 2.43. The van der Waals surface area contributed by atoms with Crippen molar-refractivity contribution >= 4 is 22.9 Å². The molecule has 0 spiro atoms. The third-order valence-corrected chi connectivity index (χ3v) is 4.47. The van der Waals surface area contributed by atoms with Gasteiger partial charge in [0.25, 0.3) is 5.91 Å². The average Bonchev–Trinajstić information content (AvgIpc) is 3.25. The number of nitrogens with two attached hydrogens (primary N) is 1. The summed E-state index contributed by atoms with van der Waals surface area (Å²) in [6.07, 6.45) is -1.20. The van der Waals surface area contributed by atoms with Crippen LogP contribution in [0.2, 0.25) is 0 Å². The first kappa shape index (κ1) is 17.5. The number of aliphatic hydroxyl groups excluding tert-OH is 2. The third-order valence-electron chi connectivity index (χ3n) is 4.47. The molecule has 1 saturated heterocycles. The van der Waals surface area contributed by atoms with Crippen LogP contribution in [-0.2, 0) is 4.74 Å². The van der Waals surface area contributed by atoms with Gasteiger partial charge < -0.3 is 26.0 Å². The van der Waals surface area contributed by atoms with Gasteiger partial charge in [0.15, 0.2) is 23.2 Å². The maximum Gasteiger partial charge on any atom is 0.256 e. The number of amides is 1. The first-order chi connectivity index (χ1) is 13.1. The summed E-state index contributed by atoms with van der Waals surface area (Å²) in [5.41, 5.74) is 6.72. The lowest BCUT2D eigenvalue weighted by molar-refractivity contribution is -0.0322. The molecule has 1 aliphatic rings. The van der Waals surface area contributed by atoms with Crippen LogP contribution in [0.25, 0.3) is 11.2 Å². The quantitative estimate of drug-likeness (QED) is 0.487. The SMILES string of the molecule is NC[C@H]1O[C@@H](n2cnc3c(NC(=O)c4ccccc4)ncnc32)[C@@H](O)C1O. The van der Waals surface area contributed by atoms with E-state index in [1.165, 1.54) is 17.2 Å². The van der Waals surface area contributed by atoms with E-state index in [1.807, 2.05) is 6.07 Å². The van der Waals surface area contributed by atoms with Crippen LogP contribution in [0.15, 0.2) is 43.0 Å². The van der Waals surface area contributed by atoms with Crippen LogP contribution in [-0.4, -0.2) is 60.5 Å². The van der Waals surface area contributed by atoms with Gasteiger partial charge in [0, 0.05) is 12.1 Å². The number of ether oxygens (including phenoxy) is 1. The van der Waals surface area contributed by atoms with Gasteiger partial charge in [-0.05, 0) is 12.1 Å². The van der Waals surface area contributed by atoms with E-state index in [9.17, 15) is 15.0 Å². The van der Waals surface area contributed by atoms with Crippen LogP contribution < -0.4 is 11.1 Å². The normalized spacial score (nSPS) is 25.0. The molecule has 0 bridgehead atoms. The summed E-state index contributed by atoms with van der Waals surface area (Å²) in [7, 11) is 0. The van der Waals surface area contributed by atoms with Crippen molar-refractivity contribution in [2.75, 3.05) is 11.9 Å². The molecule has 0 radical (unpaired) electrons. The number of benzene rings is 1. The molecule has 1 unspecified atom stereocenters. The van der Waals surface area contributed by atoms with Crippen molar-refractivity contribution in [2.24, 2.45) is 5.73 Å². The van der Waals surface area contributed by atoms with E-state index < -0.39 is 24.5 Å². The molecule has 10 heteroatoms. The molecular weight excluding hydrogens is 352 g/mol. The van der Waals surface area contributed by atoms with Gasteiger partial charge in [-0.3, -0.25) is 9.36 Å². The largest absolute Gasteiger partial charge is 0.387 e. The predicted molar refractivity (Wildman–Crippen MR) is 94.7 cm³/mol. The van der Waals surface area contributed by atoms with Gasteiger partial charge in [0.1, 0.15) is 24.6 Å². The Morgan fingerprint density at radius 2 is 1.96 bits per heavy atom. The number of anilines is 1. The van der Waals surface area contributed by atoms with E-state index >= 15 is 0 Å². The molecule has 5 N–H and O–H groups in total. The summed E-state index contributed by atoms with van der Waals surface area (Å²) < 4.78 is 7.11. The van der Waals surface area contributed by atoms with Gasteiger partial charge in [0.2, 0.25) is 0 Å². The second kappa shape index (κ2) is 7.00. The Kier molecular flexibility index (Phi) is 4.54. The molecule has 4 rings (SSSR count). The summed E-state index contributed by atoms with van der Waals surface area (Å²) in [5.74, 6) is -0.100. The van der Waals surface area contributed by atoms with Gasteiger partial charge in [-0.2, -0.15) is 0 Å². The highest BCUT2D eigenvalue weighted by atomic mass is 16.6. The van der Waals surface area contributed by atoms with Gasteiger partial charge in [-0.25, -0.2) is 15.0 Å². The maximum absolute atomic E-state index is 12.4. The number of hydrogen-bond donors (Lipinski definition) is 4. The lowest BCUT2D eigenvalue weighted by Crippen LogP contribution is -2.35. The van der Waals surface area contributed by atoms with Crippen molar-refractivity contribution < 1.29 is 19.7 Å². The highest BCUT2D eigenvalue weighted by molar-refractivity contribution is 6.06. The molecular formula is C17H18N6O4. The number of imidazole rings is 1. The standard InChI is InChI=1S/C17H18N6O4/c18-6-10-12(24)13(25)17(27-10)23-8-21-11-14(19-7-20-15(11)23)22-16(26)9-4-2-1-3-5-9/h1-5,7-8,10,12-13,17,24-25H,6,18H2,(H,19,20,22,26)/t10-,12?,13+,17-/m1/s1. The number of nitrogens with zero attached hydrogens (tertiary/aromatic N) is 4. The van der Waals surface area contributed by atoms with Crippen molar-refractivity contribution in [3.8, 4) is 0 Å². The molecule has 1 aliphatic heterocycles. The Balaban J connectivity index is 1.65. The lowest BCUT2D eigenvalue weighted by Gasteiger charge is -2.16. The zero-order chi connectivity index (χ0) is 19.0. The van der Waals surface area contributed by atoms with Crippen LogP contribution in [0, 0.1) is 0 Å². The number of carbonyl (C=O) groups is 1. The summed E-state index contributed by atoms with van der Waals surface area (Å²) >= 11 is 0. The topological polar surface area (TPSA) is 148 Å². The first-order valence-corrected chi connectivity index (χ1v) is 8.35. The number of nitrogens with one attached hydrogen (secondary N) is 1. The second-order valence-electron chi connectivity index (χ2n) is 6.15. The smallest absolute Gasteiger partial charge is 0.256 e. The number of hydrogen-bond acceptors (Lipinski definition) is 8. The van der Waals surface area contributed by atoms with Crippen molar-refractivity contribution in [2.45, 2.75) is 24.5 Å². The molecule has 140 valence electrons. The van der Waals surface area contributed by atoms with Crippen molar-refractivity contribution in [3.63, 3.8) is 0 Å². The van der Waals surface area contributed by atoms with Crippen molar-refractivity contribution in [1.82, 2.24) is 19.5 Å². The van der Waals surface area contributed by atoms with Crippen LogP contribution in [0.1, 0.15) is 16.6 Å². The van der Waals surface area contributed by atoms with Gasteiger partial charge in [-0.1, -0.05) is 18.2 Å². The van der Waals surface area contributed by atoms with E-state index in [1.54, 1.807) is 24.3 Å². The molecule has 10 nitrogen and oxygen atoms in total. The molecule has 1 aromatic carbocycles. The van der Waals surface area contributed by atoms with E-state index in [2.05, 4.69) is 20.3 Å². The van der Waals surface area contributed by atoms with Gasteiger partial charge in [0.05, 0.1) is 6.33 Å². The monoisotopic (exact) mass is 370 g/mol. The fourth-order valence-electron chi connectivity index (χ4n) is 3.05. The Bertz CT molecular complexity index is 962. The zero-order valence-corrected chi connectivity index (χ0v) is 14.1. The Hall–Kier alpha value is -2.92. The molecule has 3 heterocycles. The number of aromatic nitrogens is 4. The summed E-state index contributed by atoms with van der Waals surface area (Å²) in [6.45, 7) is 0.0642. The van der Waals surface area contributed by atoms with Gasteiger partial charge in [-0.15, -0.1) is 0 Å². The van der Waals surface area contributed by atoms with Crippen molar-refractivity contribution in [1.29, 1.82) is 0 Å². The number of carbonyl (C=O) groups excluding carboxylic acids is 1. The number of rotatable bonds is 4. The van der Waals surface area contributed by atoms with Crippen LogP contribution in [0.3, 0.4) is 0 Å². The molecule has 4 atom stereocenters. The molecule has 0 saturated carbocycles. The molecule has 27 heavy (non-hydrogen) atoms. The average molecular weight is 370 g/mol. The highest BCUT2D eigenvalue weighted by Crippen LogP contribution is 2.31. The fourth-order valence-corrected chi connectivity index (χ4v) is 3.05. The second-order valence-corrected chi connectivity index (χ2v) is 6.15. The minimum absolute atomic E-state index is 0.0642. The number of aliphatic hydroxyl groups is 2. The minimum Gasteiger partial charge on any atom is -0.387 e. The first-order valence-electron chi connectivity index (χ1n) is 8.35. The van der Waals surface area contributed by atoms with E-state index in [4.69, 9.17) is 10.5 Å². The molecule has 2 aromatic heterocycles. The molecule has 1 fully saturated rings. The molecule has 1 amide bonds. The Morgan fingerprint density at radius 3 is 2.67 bits per heavy atom. The zero-order valence-electron chi connectivity index (χ0n) is 14.1. The Labute approximate surface area is 153 Å². The third kappa shape index (κ3) is 3.04. The number of fused-ring (bicyclic) bond motifs is 1. The van der Waals surface area contributed by atoms with E-state index in [-0.39, 0.29) is 18.3 Å². The maximum atomic E-state index is 12.4. The summed E-state index contributed by atoms with van der Waals surface area (Å²) in [4.78, 5) is 24.9. The minimum atomic E-state index is -1.19. The fraction of sp³-hybridized carbons (Fsp3) is 0.294. The van der Waals surface area contributed by atoms with Crippen LogP contribution >= 0.6 is 0 Å². The molecule has 0 aliphatic carbocycles. The van der Waals surface area contributed by atoms with Crippen LogP contribution in [0.5, 0.6) is 0 Å². The molecule has 3 aromatic rings.